The van der Waals surface area contributed by atoms with E-state index in [9.17, 15) is 4.79 Å². The van der Waals surface area contributed by atoms with Crippen molar-refractivity contribution in [1.29, 1.82) is 0 Å². The first kappa shape index (κ1) is 20.5. The Bertz CT molecular complexity index is 330. The number of carbonyl (C=O) groups is 1. The molecule has 0 aliphatic carbocycles. The van der Waals surface area contributed by atoms with Gasteiger partial charge in [-0.25, -0.2) is 4.98 Å². The lowest BCUT2D eigenvalue weighted by atomic mass is 10.0. The first-order chi connectivity index (χ1) is 8.11. The minimum absolute atomic E-state index is 0. The molecule has 0 saturated carbocycles. The number of imidazole rings is 1. The van der Waals surface area contributed by atoms with E-state index in [1.54, 1.807) is 12.5 Å². The molecule has 7 heteroatoms. The van der Waals surface area contributed by atoms with Gasteiger partial charge in [-0.05, 0) is 12.3 Å². The summed E-state index contributed by atoms with van der Waals surface area (Å²) in [5.41, 5.74) is 5.63. The molecule has 0 fully saturated rings. The summed E-state index contributed by atoms with van der Waals surface area (Å²) in [5, 5.41) is 2.96. The van der Waals surface area contributed by atoms with Gasteiger partial charge in [0.1, 0.15) is 0 Å². The standard InChI is InChI=1S/C12H22N4O.2ClH/c1-10(2)7-11(8-13)15-12(17)3-5-16-6-4-14-9-16;;/h4,6,9-11H,3,5,7-8,13H2,1-2H3,(H,15,17);2*1H. The Morgan fingerprint density at radius 3 is 2.58 bits per heavy atom. The third-order valence-electron chi connectivity index (χ3n) is 2.56. The lowest BCUT2D eigenvalue weighted by molar-refractivity contribution is -0.122. The highest BCUT2D eigenvalue weighted by Gasteiger charge is 2.12. The van der Waals surface area contributed by atoms with Gasteiger partial charge in [-0.3, -0.25) is 4.79 Å². The van der Waals surface area contributed by atoms with Gasteiger partial charge < -0.3 is 15.6 Å². The summed E-state index contributed by atoms with van der Waals surface area (Å²) < 4.78 is 1.89. The second kappa shape index (κ2) is 11.1. The summed E-state index contributed by atoms with van der Waals surface area (Å²) in [4.78, 5) is 15.6. The monoisotopic (exact) mass is 310 g/mol. The SMILES string of the molecule is CC(C)CC(CN)NC(=O)CCn1ccnc1.Cl.Cl. The highest BCUT2D eigenvalue weighted by molar-refractivity contribution is 5.85. The predicted octanol–water partition coefficient (Wildman–Crippen LogP) is 1.61. The predicted molar refractivity (Wildman–Crippen MR) is 81.8 cm³/mol. The number of aromatic nitrogens is 2. The fourth-order valence-corrected chi connectivity index (χ4v) is 1.73. The first-order valence-electron chi connectivity index (χ1n) is 6.07. The lowest BCUT2D eigenvalue weighted by Gasteiger charge is -2.18. The normalized spacial score (nSPS) is 11.4. The maximum absolute atomic E-state index is 11.7. The van der Waals surface area contributed by atoms with Crippen LogP contribution in [0.5, 0.6) is 0 Å². The van der Waals surface area contributed by atoms with Gasteiger partial charge in [0, 0.05) is 37.9 Å². The van der Waals surface area contributed by atoms with Crippen molar-refractivity contribution in [3.8, 4) is 0 Å². The molecule has 0 aromatic carbocycles. The second-order valence-corrected chi connectivity index (χ2v) is 4.68. The van der Waals surface area contributed by atoms with Gasteiger partial charge >= 0.3 is 0 Å². The van der Waals surface area contributed by atoms with E-state index in [4.69, 9.17) is 5.73 Å². The molecule has 0 radical (unpaired) electrons. The number of aryl methyl sites for hydroxylation is 1. The number of nitrogens with zero attached hydrogens (tertiary/aromatic N) is 2. The van der Waals surface area contributed by atoms with E-state index < -0.39 is 0 Å². The van der Waals surface area contributed by atoms with Gasteiger partial charge in [0.2, 0.25) is 5.91 Å². The van der Waals surface area contributed by atoms with E-state index in [0.29, 0.717) is 25.4 Å². The third kappa shape index (κ3) is 8.86. The van der Waals surface area contributed by atoms with Crippen molar-refractivity contribution < 1.29 is 4.79 Å². The average molecular weight is 311 g/mol. The summed E-state index contributed by atoms with van der Waals surface area (Å²) in [5.74, 6) is 0.590. The Balaban J connectivity index is 0. The van der Waals surface area contributed by atoms with Gasteiger partial charge in [-0.2, -0.15) is 0 Å². The van der Waals surface area contributed by atoms with E-state index in [1.165, 1.54) is 0 Å². The highest BCUT2D eigenvalue weighted by Crippen LogP contribution is 2.03. The van der Waals surface area contributed by atoms with Crippen molar-refractivity contribution in [2.24, 2.45) is 11.7 Å². The lowest BCUT2D eigenvalue weighted by Crippen LogP contribution is -2.41. The van der Waals surface area contributed by atoms with Crippen LogP contribution in [0.3, 0.4) is 0 Å². The second-order valence-electron chi connectivity index (χ2n) is 4.68. The zero-order valence-electron chi connectivity index (χ0n) is 11.4. The molecule has 0 aliphatic rings. The molecule has 1 unspecified atom stereocenters. The number of hydrogen-bond acceptors (Lipinski definition) is 3. The van der Waals surface area contributed by atoms with Crippen molar-refractivity contribution in [2.45, 2.75) is 39.3 Å². The quantitative estimate of drug-likeness (QED) is 0.803. The molecule has 0 aliphatic heterocycles. The van der Waals surface area contributed by atoms with Gasteiger partial charge in [0.25, 0.3) is 0 Å². The molecule has 1 heterocycles. The van der Waals surface area contributed by atoms with Crippen LogP contribution in [0.2, 0.25) is 0 Å². The molecular formula is C12H24Cl2N4O. The highest BCUT2D eigenvalue weighted by atomic mass is 35.5. The molecule has 0 saturated heterocycles. The summed E-state index contributed by atoms with van der Waals surface area (Å²) in [6.07, 6.45) is 6.65. The Kier molecular flexibility index (Phi) is 12.0. The number of nitrogens with one attached hydrogen (secondary N) is 1. The van der Waals surface area contributed by atoms with E-state index in [0.717, 1.165) is 6.42 Å². The summed E-state index contributed by atoms with van der Waals surface area (Å²) >= 11 is 0. The van der Waals surface area contributed by atoms with Crippen LogP contribution in [-0.2, 0) is 11.3 Å². The molecule has 5 nitrogen and oxygen atoms in total. The third-order valence-corrected chi connectivity index (χ3v) is 2.56. The van der Waals surface area contributed by atoms with Crippen LogP contribution >= 0.6 is 24.8 Å². The smallest absolute Gasteiger partial charge is 0.222 e. The molecular weight excluding hydrogens is 287 g/mol. The van der Waals surface area contributed by atoms with Gasteiger partial charge in [0.05, 0.1) is 6.33 Å². The Labute approximate surface area is 127 Å². The van der Waals surface area contributed by atoms with Crippen LogP contribution in [-0.4, -0.2) is 28.0 Å². The van der Waals surface area contributed by atoms with Crippen molar-refractivity contribution in [3.05, 3.63) is 18.7 Å². The van der Waals surface area contributed by atoms with Crippen LogP contribution in [0.15, 0.2) is 18.7 Å². The van der Waals surface area contributed by atoms with E-state index in [1.807, 2.05) is 10.8 Å². The maximum atomic E-state index is 11.7. The number of halogens is 2. The van der Waals surface area contributed by atoms with Crippen LogP contribution in [0.1, 0.15) is 26.7 Å². The molecule has 1 amide bonds. The Morgan fingerprint density at radius 1 is 1.42 bits per heavy atom. The molecule has 1 aromatic heterocycles. The van der Waals surface area contributed by atoms with E-state index >= 15 is 0 Å². The Morgan fingerprint density at radius 2 is 2.11 bits per heavy atom. The van der Waals surface area contributed by atoms with E-state index in [-0.39, 0.29) is 36.8 Å². The molecule has 1 rings (SSSR count). The van der Waals surface area contributed by atoms with Crippen LogP contribution in [0, 0.1) is 5.92 Å². The van der Waals surface area contributed by atoms with Crippen molar-refractivity contribution in [3.63, 3.8) is 0 Å². The van der Waals surface area contributed by atoms with Crippen molar-refractivity contribution in [1.82, 2.24) is 14.9 Å². The van der Waals surface area contributed by atoms with Gasteiger partial charge in [-0.1, -0.05) is 13.8 Å². The van der Waals surface area contributed by atoms with Crippen molar-refractivity contribution in [2.75, 3.05) is 6.54 Å². The van der Waals surface area contributed by atoms with Gasteiger partial charge in [-0.15, -0.1) is 24.8 Å². The summed E-state index contributed by atoms with van der Waals surface area (Å²) in [6, 6.07) is 0.0882. The number of hydrogen-bond donors (Lipinski definition) is 2. The number of rotatable bonds is 7. The largest absolute Gasteiger partial charge is 0.352 e. The number of nitrogens with two attached hydrogens (primary N) is 1. The zero-order valence-corrected chi connectivity index (χ0v) is 13.0. The zero-order chi connectivity index (χ0) is 12.7. The molecule has 112 valence electrons. The van der Waals surface area contributed by atoms with Crippen LogP contribution in [0.4, 0.5) is 0 Å². The van der Waals surface area contributed by atoms with Crippen molar-refractivity contribution >= 4 is 30.7 Å². The topological polar surface area (TPSA) is 72.9 Å². The van der Waals surface area contributed by atoms with Crippen LogP contribution < -0.4 is 11.1 Å². The average Bonchev–Trinajstić information content (AvgIpc) is 2.77. The molecule has 0 spiro atoms. The first-order valence-corrected chi connectivity index (χ1v) is 6.07. The number of carbonyl (C=O) groups excluding carboxylic acids is 1. The molecule has 19 heavy (non-hydrogen) atoms. The molecule has 3 N–H and O–H groups in total. The number of amides is 1. The fourth-order valence-electron chi connectivity index (χ4n) is 1.73. The molecule has 1 aromatic rings. The summed E-state index contributed by atoms with van der Waals surface area (Å²) in [7, 11) is 0. The minimum atomic E-state index is 0. The molecule has 0 bridgehead atoms. The minimum Gasteiger partial charge on any atom is -0.352 e. The molecule has 1 atom stereocenters. The maximum Gasteiger partial charge on any atom is 0.222 e. The fraction of sp³-hybridized carbons (Fsp3) is 0.667. The van der Waals surface area contributed by atoms with Crippen LogP contribution in [0.25, 0.3) is 0 Å². The van der Waals surface area contributed by atoms with E-state index in [2.05, 4.69) is 24.1 Å². The Hall–Kier alpha value is -0.780. The summed E-state index contributed by atoms with van der Waals surface area (Å²) in [6.45, 7) is 5.40. The van der Waals surface area contributed by atoms with Gasteiger partial charge in [0.15, 0.2) is 0 Å².